The van der Waals surface area contributed by atoms with Gasteiger partial charge in [-0.3, -0.25) is 9.59 Å². The first-order valence-corrected chi connectivity index (χ1v) is 10.7. The molecule has 2 aromatic carbocycles. The molecule has 1 atom stereocenters. The fraction of sp³-hybridized carbons (Fsp3) is 0.318. The third-order valence-corrected chi connectivity index (χ3v) is 5.89. The van der Waals surface area contributed by atoms with E-state index in [-0.39, 0.29) is 18.4 Å². The highest BCUT2D eigenvalue weighted by atomic mass is 79.9. The number of imidazole rings is 1. The van der Waals surface area contributed by atoms with Crippen LogP contribution in [0.3, 0.4) is 0 Å². The zero-order chi connectivity index (χ0) is 21.3. The Kier molecular flexibility index (Phi) is 5.87. The summed E-state index contributed by atoms with van der Waals surface area (Å²) >= 11 is 3.42. The quantitative estimate of drug-likeness (QED) is 0.532. The number of aryl methyl sites for hydroxylation is 1. The lowest BCUT2D eigenvalue weighted by atomic mass is 10.0. The second kappa shape index (κ2) is 8.57. The van der Waals surface area contributed by atoms with Crippen LogP contribution in [0.25, 0.3) is 11.0 Å². The Morgan fingerprint density at radius 1 is 1.23 bits per heavy atom. The Labute approximate surface area is 182 Å². The van der Waals surface area contributed by atoms with E-state index in [4.69, 9.17) is 0 Å². The maximum atomic E-state index is 12.8. The number of aromatic amines is 1. The van der Waals surface area contributed by atoms with E-state index >= 15 is 0 Å². The van der Waals surface area contributed by atoms with E-state index in [0.29, 0.717) is 17.0 Å². The number of fused-ring (bicyclic) bond motifs is 1. The largest absolute Gasteiger partial charge is 0.394 e. The molecule has 1 aromatic heterocycles. The van der Waals surface area contributed by atoms with E-state index in [0.717, 1.165) is 47.0 Å². The van der Waals surface area contributed by atoms with Crippen LogP contribution in [0, 0.1) is 6.92 Å². The summed E-state index contributed by atoms with van der Waals surface area (Å²) in [6.07, 6.45) is 2.07. The molecule has 2 heterocycles. The Morgan fingerprint density at radius 3 is 2.70 bits per heavy atom. The lowest BCUT2D eigenvalue weighted by Crippen LogP contribution is -2.32. The predicted octanol–water partition coefficient (Wildman–Crippen LogP) is 3.33. The van der Waals surface area contributed by atoms with E-state index in [1.807, 2.05) is 30.0 Å². The van der Waals surface area contributed by atoms with Crippen LogP contribution in [-0.2, 0) is 0 Å². The molecule has 0 aliphatic carbocycles. The molecule has 0 radical (unpaired) electrons. The van der Waals surface area contributed by atoms with Gasteiger partial charge < -0.3 is 20.3 Å². The highest BCUT2D eigenvalue weighted by Gasteiger charge is 2.23. The van der Waals surface area contributed by atoms with Gasteiger partial charge in [-0.15, -0.1) is 0 Å². The topological polar surface area (TPSA) is 98.3 Å². The molecule has 1 unspecified atom stereocenters. The first-order valence-electron chi connectivity index (χ1n) is 9.93. The van der Waals surface area contributed by atoms with Crippen molar-refractivity contribution in [1.82, 2.24) is 20.2 Å². The lowest BCUT2D eigenvalue weighted by molar-refractivity contribution is 0.0791. The highest BCUT2D eigenvalue weighted by Crippen LogP contribution is 2.21. The number of H-pyrrole nitrogens is 1. The number of benzene rings is 2. The second-order valence-corrected chi connectivity index (χ2v) is 8.44. The monoisotopic (exact) mass is 470 g/mol. The standard InChI is InChI=1S/C22H23BrN4O3/c1-13-10-14(4-6-16(13)22(30)27-8-2-3-9-27)21(29)26-19(12-28)20-24-17-7-5-15(23)11-18(17)25-20/h4-7,10-11,19,28H,2-3,8-9,12H2,1H3,(H,24,25)(H,26,29). The van der Waals surface area contributed by atoms with Crippen LogP contribution in [-0.4, -0.2) is 51.5 Å². The van der Waals surface area contributed by atoms with Gasteiger partial charge in [0.2, 0.25) is 0 Å². The first kappa shape index (κ1) is 20.6. The molecule has 30 heavy (non-hydrogen) atoms. The Morgan fingerprint density at radius 2 is 2.00 bits per heavy atom. The number of aromatic nitrogens is 2. The van der Waals surface area contributed by atoms with Crippen molar-refractivity contribution >= 4 is 38.8 Å². The number of hydrogen-bond acceptors (Lipinski definition) is 4. The van der Waals surface area contributed by atoms with Gasteiger partial charge in [-0.25, -0.2) is 4.98 Å². The van der Waals surface area contributed by atoms with Gasteiger partial charge in [-0.05, 0) is 61.7 Å². The lowest BCUT2D eigenvalue weighted by Gasteiger charge is -2.18. The minimum atomic E-state index is -0.671. The SMILES string of the molecule is Cc1cc(C(=O)NC(CO)c2nc3ccc(Br)cc3[nH]2)ccc1C(=O)N1CCCC1. The molecule has 1 fully saturated rings. The molecule has 1 aliphatic rings. The van der Waals surface area contributed by atoms with E-state index in [1.54, 1.807) is 18.2 Å². The van der Waals surface area contributed by atoms with Crippen molar-refractivity contribution in [2.24, 2.45) is 0 Å². The molecule has 8 heteroatoms. The molecule has 1 aliphatic heterocycles. The van der Waals surface area contributed by atoms with Crippen molar-refractivity contribution in [1.29, 1.82) is 0 Å². The molecule has 4 rings (SSSR count). The molecule has 7 nitrogen and oxygen atoms in total. The number of rotatable bonds is 5. The van der Waals surface area contributed by atoms with Crippen LogP contribution in [0.4, 0.5) is 0 Å². The summed E-state index contributed by atoms with van der Waals surface area (Å²) in [5, 5.41) is 12.6. The first-order chi connectivity index (χ1) is 14.5. The number of hydrogen-bond donors (Lipinski definition) is 3. The number of nitrogens with zero attached hydrogens (tertiary/aromatic N) is 2. The summed E-state index contributed by atoms with van der Waals surface area (Å²) in [7, 11) is 0. The molecule has 0 spiro atoms. The fourth-order valence-corrected chi connectivity index (χ4v) is 4.11. The van der Waals surface area contributed by atoms with Gasteiger partial charge in [0.15, 0.2) is 0 Å². The highest BCUT2D eigenvalue weighted by molar-refractivity contribution is 9.10. The molecular formula is C22H23BrN4O3. The van der Waals surface area contributed by atoms with Crippen LogP contribution in [0.1, 0.15) is 51.0 Å². The average Bonchev–Trinajstić information content (AvgIpc) is 3.40. The number of carbonyl (C=O) groups is 2. The van der Waals surface area contributed by atoms with Crippen LogP contribution in [0.15, 0.2) is 40.9 Å². The van der Waals surface area contributed by atoms with Gasteiger partial charge in [0.05, 0.1) is 17.6 Å². The molecule has 1 saturated heterocycles. The average molecular weight is 471 g/mol. The number of halogens is 1. The zero-order valence-corrected chi connectivity index (χ0v) is 18.2. The molecule has 3 N–H and O–H groups in total. The second-order valence-electron chi connectivity index (χ2n) is 7.52. The fourth-order valence-electron chi connectivity index (χ4n) is 3.74. The summed E-state index contributed by atoms with van der Waals surface area (Å²) in [6.45, 7) is 3.11. The van der Waals surface area contributed by atoms with Crippen molar-refractivity contribution in [3.63, 3.8) is 0 Å². The Balaban J connectivity index is 1.51. The summed E-state index contributed by atoms with van der Waals surface area (Å²) < 4.78 is 0.911. The minimum absolute atomic E-state index is 0.0126. The van der Waals surface area contributed by atoms with E-state index in [2.05, 4.69) is 31.2 Å². The smallest absolute Gasteiger partial charge is 0.254 e. The zero-order valence-electron chi connectivity index (χ0n) is 16.6. The number of amides is 2. The normalized spacial score (nSPS) is 14.8. The Bertz CT molecular complexity index is 1100. The summed E-state index contributed by atoms with van der Waals surface area (Å²) in [4.78, 5) is 34.9. The number of likely N-dealkylation sites (tertiary alicyclic amines) is 1. The van der Waals surface area contributed by atoms with Crippen LogP contribution in [0.2, 0.25) is 0 Å². The van der Waals surface area contributed by atoms with Gasteiger partial charge in [0, 0.05) is 28.7 Å². The van der Waals surface area contributed by atoms with Crippen molar-refractivity contribution in [2.75, 3.05) is 19.7 Å². The van der Waals surface area contributed by atoms with Crippen molar-refractivity contribution in [2.45, 2.75) is 25.8 Å². The summed E-state index contributed by atoms with van der Waals surface area (Å²) in [5.41, 5.74) is 3.38. The number of aliphatic hydroxyl groups excluding tert-OH is 1. The third kappa shape index (κ3) is 4.11. The van der Waals surface area contributed by atoms with E-state index in [9.17, 15) is 14.7 Å². The molecule has 3 aromatic rings. The summed E-state index contributed by atoms with van der Waals surface area (Å²) in [5.74, 6) is 0.161. The van der Waals surface area contributed by atoms with Gasteiger partial charge >= 0.3 is 0 Å². The molecule has 2 amide bonds. The van der Waals surface area contributed by atoms with Gasteiger partial charge in [-0.1, -0.05) is 15.9 Å². The maximum Gasteiger partial charge on any atom is 0.254 e. The van der Waals surface area contributed by atoms with Crippen LogP contribution in [0.5, 0.6) is 0 Å². The molecular weight excluding hydrogens is 448 g/mol. The van der Waals surface area contributed by atoms with Crippen LogP contribution >= 0.6 is 15.9 Å². The van der Waals surface area contributed by atoms with E-state index < -0.39 is 6.04 Å². The van der Waals surface area contributed by atoms with Crippen molar-refractivity contribution in [3.8, 4) is 0 Å². The Hall–Kier alpha value is -2.71. The van der Waals surface area contributed by atoms with Gasteiger partial charge in [-0.2, -0.15) is 0 Å². The number of aliphatic hydroxyl groups is 1. The van der Waals surface area contributed by atoms with Crippen LogP contribution < -0.4 is 5.32 Å². The van der Waals surface area contributed by atoms with Crippen molar-refractivity contribution in [3.05, 3.63) is 63.4 Å². The molecule has 0 bridgehead atoms. The van der Waals surface area contributed by atoms with Gasteiger partial charge in [0.1, 0.15) is 11.9 Å². The molecule has 0 saturated carbocycles. The van der Waals surface area contributed by atoms with E-state index in [1.165, 1.54) is 0 Å². The predicted molar refractivity (Wildman–Crippen MR) is 117 cm³/mol. The number of nitrogens with one attached hydrogen (secondary N) is 2. The third-order valence-electron chi connectivity index (χ3n) is 5.39. The van der Waals surface area contributed by atoms with Gasteiger partial charge in [0.25, 0.3) is 11.8 Å². The number of carbonyl (C=O) groups excluding carboxylic acids is 2. The minimum Gasteiger partial charge on any atom is -0.394 e. The molecule has 156 valence electrons. The van der Waals surface area contributed by atoms with Crippen molar-refractivity contribution < 1.29 is 14.7 Å². The summed E-state index contributed by atoms with van der Waals surface area (Å²) in [6, 6.07) is 10.0. The maximum absolute atomic E-state index is 12.8.